The lowest BCUT2D eigenvalue weighted by molar-refractivity contribution is 1.03. The van der Waals surface area contributed by atoms with E-state index >= 15 is 0 Å². The van der Waals surface area contributed by atoms with Crippen LogP contribution in [0.5, 0.6) is 0 Å². The number of rotatable bonds is 2. The average molecular weight is 302 g/mol. The predicted molar refractivity (Wildman–Crippen MR) is 83.9 cm³/mol. The van der Waals surface area contributed by atoms with E-state index in [2.05, 4.69) is 23.2 Å². The number of aromatic nitrogens is 3. The number of nitrogens with zero attached hydrogens (tertiary/aromatic N) is 2. The summed E-state index contributed by atoms with van der Waals surface area (Å²) in [6.07, 6.45) is 0. The van der Waals surface area contributed by atoms with Crippen molar-refractivity contribution in [3.05, 3.63) is 63.9 Å². The number of benzene rings is 2. The molecule has 5 heteroatoms. The van der Waals surface area contributed by atoms with Crippen molar-refractivity contribution in [2.24, 2.45) is 0 Å². The molecule has 0 saturated heterocycles. The largest absolute Gasteiger partial charge is 0.268 e. The summed E-state index contributed by atoms with van der Waals surface area (Å²) in [5.41, 5.74) is 3.14. The van der Waals surface area contributed by atoms with Crippen LogP contribution in [0.4, 0.5) is 0 Å². The molecule has 0 spiro atoms. The highest BCUT2D eigenvalue weighted by Gasteiger charge is 2.12. The first-order chi connectivity index (χ1) is 9.66. The Morgan fingerprint density at radius 2 is 1.80 bits per heavy atom. The van der Waals surface area contributed by atoms with Gasteiger partial charge < -0.3 is 0 Å². The van der Waals surface area contributed by atoms with Gasteiger partial charge in [0.25, 0.3) is 0 Å². The lowest BCUT2D eigenvalue weighted by Crippen LogP contribution is -1.98. The molecule has 0 bridgehead atoms. The van der Waals surface area contributed by atoms with Gasteiger partial charge in [-0.3, -0.25) is 9.67 Å². The normalized spacial score (nSPS) is 10.7. The van der Waals surface area contributed by atoms with Crippen molar-refractivity contribution >= 4 is 23.8 Å². The Morgan fingerprint density at radius 3 is 2.50 bits per heavy atom. The van der Waals surface area contributed by atoms with E-state index < -0.39 is 0 Å². The zero-order chi connectivity index (χ0) is 14.1. The zero-order valence-corrected chi connectivity index (χ0v) is 12.4. The van der Waals surface area contributed by atoms with Gasteiger partial charge in [0.15, 0.2) is 10.6 Å². The molecule has 0 saturated carbocycles. The summed E-state index contributed by atoms with van der Waals surface area (Å²) >= 11 is 11.3. The molecular formula is C15H12ClN3S. The average Bonchev–Trinajstić information content (AvgIpc) is 2.82. The van der Waals surface area contributed by atoms with Gasteiger partial charge in [-0.2, -0.15) is 5.10 Å². The lowest BCUT2D eigenvalue weighted by Gasteiger charge is -2.08. The fourth-order valence-electron chi connectivity index (χ4n) is 2.13. The molecule has 20 heavy (non-hydrogen) atoms. The van der Waals surface area contributed by atoms with Gasteiger partial charge in [0.2, 0.25) is 0 Å². The van der Waals surface area contributed by atoms with Crippen molar-refractivity contribution in [1.29, 1.82) is 0 Å². The first-order valence-corrected chi connectivity index (χ1v) is 6.95. The highest BCUT2D eigenvalue weighted by atomic mass is 35.5. The Labute approximate surface area is 126 Å². The number of nitrogens with one attached hydrogen (secondary N) is 1. The van der Waals surface area contributed by atoms with Gasteiger partial charge in [0, 0.05) is 10.6 Å². The minimum absolute atomic E-state index is 0.561. The van der Waals surface area contributed by atoms with E-state index in [0.717, 1.165) is 22.6 Å². The van der Waals surface area contributed by atoms with Crippen LogP contribution < -0.4 is 0 Å². The van der Waals surface area contributed by atoms with Gasteiger partial charge in [0.1, 0.15) is 0 Å². The Morgan fingerprint density at radius 1 is 1.10 bits per heavy atom. The summed E-state index contributed by atoms with van der Waals surface area (Å²) in [7, 11) is 0. The second kappa shape index (κ2) is 5.23. The molecular weight excluding hydrogens is 290 g/mol. The summed E-state index contributed by atoms with van der Waals surface area (Å²) in [5.74, 6) is 0.801. The third-order valence-corrected chi connectivity index (χ3v) is 3.67. The van der Waals surface area contributed by atoms with Gasteiger partial charge in [-0.15, -0.1) is 0 Å². The zero-order valence-electron chi connectivity index (χ0n) is 10.8. The van der Waals surface area contributed by atoms with Crippen molar-refractivity contribution in [3.63, 3.8) is 0 Å². The summed E-state index contributed by atoms with van der Waals surface area (Å²) in [4.78, 5) is 0. The van der Waals surface area contributed by atoms with Crippen LogP contribution in [0.1, 0.15) is 5.56 Å². The van der Waals surface area contributed by atoms with Gasteiger partial charge in [-0.1, -0.05) is 35.9 Å². The van der Waals surface area contributed by atoms with Gasteiger partial charge >= 0.3 is 0 Å². The molecule has 3 aromatic rings. The molecule has 0 radical (unpaired) electrons. The molecule has 1 aromatic heterocycles. The molecule has 3 rings (SSSR count). The molecule has 2 aromatic carbocycles. The van der Waals surface area contributed by atoms with Crippen LogP contribution in [0, 0.1) is 11.7 Å². The Balaban J connectivity index is 2.23. The van der Waals surface area contributed by atoms with Gasteiger partial charge in [-0.25, -0.2) is 0 Å². The number of aryl methyl sites for hydroxylation is 1. The maximum atomic E-state index is 5.94. The minimum Gasteiger partial charge on any atom is -0.268 e. The molecule has 0 amide bonds. The van der Waals surface area contributed by atoms with Crippen LogP contribution in [0.3, 0.4) is 0 Å². The molecule has 0 aliphatic rings. The number of halogens is 1. The van der Waals surface area contributed by atoms with E-state index in [9.17, 15) is 0 Å². The Hall–Kier alpha value is -1.91. The number of hydrogen-bond acceptors (Lipinski definition) is 2. The van der Waals surface area contributed by atoms with Crippen LogP contribution in [-0.2, 0) is 0 Å². The molecule has 1 N–H and O–H groups in total. The van der Waals surface area contributed by atoms with Crippen molar-refractivity contribution in [2.75, 3.05) is 0 Å². The van der Waals surface area contributed by atoms with Crippen molar-refractivity contribution in [2.45, 2.75) is 6.92 Å². The molecule has 0 atom stereocenters. The van der Waals surface area contributed by atoms with Gasteiger partial charge in [-0.05, 0) is 49.0 Å². The standard InChI is InChI=1S/C15H12ClN3S/c1-10-4-2-3-5-13(10)14-17-18-15(20)19(14)12-8-6-11(16)7-9-12/h2-9H,1H3,(H,18,20). The summed E-state index contributed by atoms with van der Waals surface area (Å²) in [5, 5.41) is 7.91. The molecule has 0 aliphatic heterocycles. The minimum atomic E-state index is 0.561. The maximum absolute atomic E-state index is 5.94. The summed E-state index contributed by atoms with van der Waals surface area (Å²) < 4.78 is 2.47. The van der Waals surface area contributed by atoms with E-state index in [1.165, 1.54) is 0 Å². The predicted octanol–water partition coefficient (Wildman–Crippen LogP) is 4.56. The number of H-pyrrole nitrogens is 1. The monoisotopic (exact) mass is 301 g/mol. The number of aromatic amines is 1. The smallest absolute Gasteiger partial charge is 0.200 e. The van der Waals surface area contributed by atoms with E-state index in [4.69, 9.17) is 23.8 Å². The molecule has 100 valence electrons. The van der Waals surface area contributed by atoms with Crippen molar-refractivity contribution < 1.29 is 0 Å². The van der Waals surface area contributed by atoms with E-state index in [1.54, 1.807) is 0 Å². The van der Waals surface area contributed by atoms with Crippen molar-refractivity contribution in [1.82, 2.24) is 14.8 Å². The second-order valence-electron chi connectivity index (χ2n) is 4.48. The first kappa shape index (κ1) is 13.1. The fourth-order valence-corrected chi connectivity index (χ4v) is 2.49. The highest BCUT2D eigenvalue weighted by molar-refractivity contribution is 7.71. The molecule has 1 heterocycles. The third kappa shape index (κ3) is 2.28. The Bertz CT molecular complexity index is 802. The van der Waals surface area contributed by atoms with Crippen molar-refractivity contribution in [3.8, 4) is 17.1 Å². The topological polar surface area (TPSA) is 33.6 Å². The molecule has 0 aliphatic carbocycles. The maximum Gasteiger partial charge on any atom is 0.200 e. The molecule has 0 fully saturated rings. The van der Waals surface area contributed by atoms with E-state index in [0.29, 0.717) is 9.79 Å². The van der Waals surface area contributed by atoms with Crippen LogP contribution in [0.15, 0.2) is 48.5 Å². The van der Waals surface area contributed by atoms with Crippen LogP contribution >= 0.6 is 23.8 Å². The fraction of sp³-hybridized carbons (Fsp3) is 0.0667. The third-order valence-electron chi connectivity index (χ3n) is 3.14. The quantitative estimate of drug-likeness (QED) is 0.704. The SMILES string of the molecule is Cc1ccccc1-c1n[nH]c(=S)n1-c1ccc(Cl)cc1. The first-order valence-electron chi connectivity index (χ1n) is 6.16. The van der Waals surface area contributed by atoms with Crippen LogP contribution in [-0.4, -0.2) is 14.8 Å². The molecule has 0 unspecified atom stereocenters. The number of hydrogen-bond donors (Lipinski definition) is 1. The van der Waals surface area contributed by atoms with E-state index in [1.807, 2.05) is 47.0 Å². The highest BCUT2D eigenvalue weighted by Crippen LogP contribution is 2.25. The lowest BCUT2D eigenvalue weighted by atomic mass is 10.1. The molecule has 3 nitrogen and oxygen atoms in total. The second-order valence-corrected chi connectivity index (χ2v) is 5.30. The van der Waals surface area contributed by atoms with Gasteiger partial charge in [0.05, 0.1) is 5.69 Å². The Kier molecular flexibility index (Phi) is 3.42. The van der Waals surface area contributed by atoms with Crippen LogP contribution in [0.2, 0.25) is 5.02 Å². The van der Waals surface area contributed by atoms with Crippen LogP contribution in [0.25, 0.3) is 17.1 Å². The summed E-state index contributed by atoms with van der Waals surface area (Å²) in [6, 6.07) is 15.6. The van der Waals surface area contributed by atoms with E-state index in [-0.39, 0.29) is 0 Å². The summed E-state index contributed by atoms with van der Waals surface area (Å²) in [6.45, 7) is 2.05.